The monoisotopic (exact) mass is 357 g/mol. The number of aliphatic hydroxyl groups is 1. The van der Waals surface area contributed by atoms with Crippen molar-refractivity contribution in [3.8, 4) is 0 Å². The van der Waals surface area contributed by atoms with Crippen LogP contribution in [0.3, 0.4) is 0 Å². The number of hydrogen-bond donors (Lipinski definition) is 1. The first kappa shape index (κ1) is 18.2. The Morgan fingerprint density at radius 2 is 1.84 bits per heavy atom. The van der Waals surface area contributed by atoms with Crippen LogP contribution in [0.25, 0.3) is 0 Å². The van der Waals surface area contributed by atoms with E-state index in [4.69, 9.17) is 0 Å². The second-order valence-electron chi connectivity index (χ2n) is 6.26. The maximum atomic E-state index is 13.2. The van der Waals surface area contributed by atoms with E-state index in [1.54, 1.807) is 0 Å². The summed E-state index contributed by atoms with van der Waals surface area (Å²) in [5, 5.41) is 9.22. The fourth-order valence-corrected chi connectivity index (χ4v) is 4.16. The molecule has 1 aliphatic heterocycles. The zero-order valence-electron chi connectivity index (χ0n) is 14.3. The largest absolute Gasteiger partial charge is 0.396 e. The van der Waals surface area contributed by atoms with Gasteiger partial charge < -0.3 is 5.11 Å². The van der Waals surface area contributed by atoms with Crippen molar-refractivity contribution in [3.63, 3.8) is 0 Å². The van der Waals surface area contributed by atoms with Gasteiger partial charge in [0.05, 0.1) is 0 Å². The summed E-state index contributed by atoms with van der Waals surface area (Å²) in [6, 6.07) is 17.5. The molecule has 0 saturated heterocycles. The standard InChI is InChI=1S/C21H24FNOS/c22-18-10-8-17(9-11-18)21(7-4-16-24)23-14-12-20(13-15-23)25-19-5-2-1-3-6-19/h1-3,5-6,8-12,21,24H,4,7,13-16H2. The first-order valence-electron chi connectivity index (χ1n) is 8.78. The molecule has 0 bridgehead atoms. The predicted octanol–water partition coefficient (Wildman–Crippen LogP) is 5.02. The Bertz CT molecular complexity index is 687. The van der Waals surface area contributed by atoms with E-state index in [1.165, 1.54) is 21.9 Å². The van der Waals surface area contributed by atoms with E-state index in [9.17, 15) is 9.50 Å². The highest BCUT2D eigenvalue weighted by molar-refractivity contribution is 8.03. The number of rotatable bonds is 7. The molecule has 2 aromatic rings. The lowest BCUT2D eigenvalue weighted by Gasteiger charge is -2.34. The molecule has 0 aliphatic carbocycles. The first-order valence-corrected chi connectivity index (χ1v) is 9.60. The van der Waals surface area contributed by atoms with Gasteiger partial charge in [-0.3, -0.25) is 4.90 Å². The molecule has 132 valence electrons. The van der Waals surface area contributed by atoms with Gasteiger partial charge in [0.2, 0.25) is 0 Å². The average Bonchev–Trinajstić information content (AvgIpc) is 2.65. The molecule has 0 amide bonds. The molecule has 2 aromatic carbocycles. The number of halogens is 1. The van der Waals surface area contributed by atoms with Crippen LogP contribution in [-0.4, -0.2) is 29.7 Å². The summed E-state index contributed by atoms with van der Waals surface area (Å²) < 4.78 is 13.2. The zero-order chi connectivity index (χ0) is 17.5. The summed E-state index contributed by atoms with van der Waals surface area (Å²) in [6.45, 7) is 2.07. The van der Waals surface area contributed by atoms with E-state index in [0.717, 1.165) is 37.9 Å². The summed E-state index contributed by atoms with van der Waals surface area (Å²) in [5.41, 5.74) is 1.13. The Kier molecular flexibility index (Phi) is 6.68. The van der Waals surface area contributed by atoms with Gasteiger partial charge >= 0.3 is 0 Å². The van der Waals surface area contributed by atoms with Crippen LogP contribution >= 0.6 is 11.8 Å². The van der Waals surface area contributed by atoms with E-state index in [2.05, 4.69) is 35.2 Å². The molecular formula is C21H24FNOS. The zero-order valence-corrected chi connectivity index (χ0v) is 15.1. The Labute approximate surface area is 153 Å². The fourth-order valence-electron chi connectivity index (χ4n) is 3.21. The molecule has 1 unspecified atom stereocenters. The number of hydrogen-bond acceptors (Lipinski definition) is 3. The average molecular weight is 357 g/mol. The van der Waals surface area contributed by atoms with Crippen LogP contribution in [0.1, 0.15) is 30.9 Å². The lowest BCUT2D eigenvalue weighted by Crippen LogP contribution is -2.33. The van der Waals surface area contributed by atoms with Crippen molar-refractivity contribution in [2.45, 2.75) is 30.2 Å². The van der Waals surface area contributed by atoms with Gasteiger partial charge in [-0.05, 0) is 54.0 Å². The highest BCUT2D eigenvalue weighted by Crippen LogP contribution is 2.34. The lowest BCUT2D eigenvalue weighted by molar-refractivity contribution is 0.186. The van der Waals surface area contributed by atoms with Crippen molar-refractivity contribution >= 4 is 11.8 Å². The molecule has 0 radical (unpaired) electrons. The molecule has 4 heteroatoms. The maximum Gasteiger partial charge on any atom is 0.123 e. The summed E-state index contributed by atoms with van der Waals surface area (Å²) in [5.74, 6) is -0.204. The normalized spacial score (nSPS) is 16.5. The van der Waals surface area contributed by atoms with Gasteiger partial charge in [0, 0.05) is 30.6 Å². The maximum absolute atomic E-state index is 13.2. The Morgan fingerprint density at radius 3 is 2.48 bits per heavy atom. The molecule has 0 spiro atoms. The molecule has 1 N–H and O–H groups in total. The molecule has 1 heterocycles. The summed E-state index contributed by atoms with van der Waals surface area (Å²) in [7, 11) is 0. The number of nitrogens with zero attached hydrogens (tertiary/aromatic N) is 1. The van der Waals surface area contributed by atoms with E-state index in [0.29, 0.717) is 0 Å². The predicted molar refractivity (Wildman–Crippen MR) is 102 cm³/mol. The highest BCUT2D eigenvalue weighted by atomic mass is 32.2. The third-order valence-corrected chi connectivity index (χ3v) is 5.66. The van der Waals surface area contributed by atoms with Crippen LogP contribution in [0.2, 0.25) is 0 Å². The lowest BCUT2D eigenvalue weighted by atomic mass is 9.99. The van der Waals surface area contributed by atoms with Gasteiger partial charge in [0.15, 0.2) is 0 Å². The Hall–Kier alpha value is -1.62. The van der Waals surface area contributed by atoms with Gasteiger partial charge in [-0.25, -0.2) is 4.39 Å². The van der Waals surface area contributed by atoms with Crippen molar-refractivity contribution < 1.29 is 9.50 Å². The van der Waals surface area contributed by atoms with Gasteiger partial charge in [-0.15, -0.1) is 0 Å². The quantitative estimate of drug-likeness (QED) is 0.752. The van der Waals surface area contributed by atoms with E-state index in [-0.39, 0.29) is 18.5 Å². The minimum absolute atomic E-state index is 0.191. The fraction of sp³-hybridized carbons (Fsp3) is 0.333. The Balaban J connectivity index is 1.67. The van der Waals surface area contributed by atoms with E-state index < -0.39 is 0 Å². The summed E-state index contributed by atoms with van der Waals surface area (Å²) >= 11 is 1.84. The number of aliphatic hydroxyl groups excluding tert-OH is 1. The third-order valence-electron chi connectivity index (χ3n) is 4.52. The van der Waals surface area contributed by atoms with Gasteiger partial charge in [0.1, 0.15) is 5.82 Å². The van der Waals surface area contributed by atoms with Crippen molar-refractivity contribution in [2.75, 3.05) is 19.7 Å². The van der Waals surface area contributed by atoms with Crippen LogP contribution < -0.4 is 0 Å². The van der Waals surface area contributed by atoms with Gasteiger partial charge in [-0.1, -0.05) is 48.2 Å². The van der Waals surface area contributed by atoms with E-state index in [1.807, 2.05) is 30.0 Å². The first-order chi connectivity index (χ1) is 12.3. The minimum atomic E-state index is -0.204. The van der Waals surface area contributed by atoms with Crippen LogP contribution in [-0.2, 0) is 0 Å². The van der Waals surface area contributed by atoms with Crippen LogP contribution in [0.5, 0.6) is 0 Å². The van der Waals surface area contributed by atoms with Crippen molar-refractivity contribution in [1.82, 2.24) is 4.90 Å². The third kappa shape index (κ3) is 5.18. The van der Waals surface area contributed by atoms with Gasteiger partial charge in [0.25, 0.3) is 0 Å². The molecular weight excluding hydrogens is 333 g/mol. The molecule has 1 atom stereocenters. The Morgan fingerprint density at radius 1 is 1.08 bits per heavy atom. The van der Waals surface area contributed by atoms with Crippen molar-refractivity contribution in [1.29, 1.82) is 0 Å². The molecule has 0 fully saturated rings. The SMILES string of the molecule is OCCCC(c1ccc(F)cc1)N1CC=C(Sc2ccccc2)CC1. The molecule has 2 nitrogen and oxygen atoms in total. The van der Waals surface area contributed by atoms with E-state index >= 15 is 0 Å². The summed E-state index contributed by atoms with van der Waals surface area (Å²) in [6.07, 6.45) is 4.97. The highest BCUT2D eigenvalue weighted by Gasteiger charge is 2.22. The van der Waals surface area contributed by atoms with Crippen molar-refractivity contribution in [3.05, 3.63) is 77.0 Å². The molecule has 1 aliphatic rings. The molecule has 25 heavy (non-hydrogen) atoms. The topological polar surface area (TPSA) is 23.5 Å². The van der Waals surface area contributed by atoms with Crippen LogP contribution in [0.15, 0.2) is 70.5 Å². The second-order valence-corrected chi connectivity index (χ2v) is 7.46. The smallest absolute Gasteiger partial charge is 0.123 e. The van der Waals surface area contributed by atoms with Crippen LogP contribution in [0, 0.1) is 5.82 Å². The second kappa shape index (κ2) is 9.18. The summed E-state index contributed by atoms with van der Waals surface area (Å²) in [4.78, 5) is 5.11. The van der Waals surface area contributed by atoms with Crippen molar-refractivity contribution in [2.24, 2.45) is 0 Å². The number of benzene rings is 2. The minimum Gasteiger partial charge on any atom is -0.396 e. The molecule has 0 saturated carbocycles. The number of thioether (sulfide) groups is 1. The molecule has 3 rings (SSSR count). The molecule has 0 aromatic heterocycles. The van der Waals surface area contributed by atoms with Gasteiger partial charge in [-0.2, -0.15) is 0 Å². The van der Waals surface area contributed by atoms with Crippen LogP contribution in [0.4, 0.5) is 4.39 Å².